The third-order valence-electron chi connectivity index (χ3n) is 3.74. The molecule has 0 saturated carbocycles. The van der Waals surface area contributed by atoms with E-state index in [1.54, 1.807) is 18.3 Å². The zero-order valence-corrected chi connectivity index (χ0v) is 13.8. The van der Waals surface area contributed by atoms with E-state index in [1.807, 2.05) is 4.90 Å². The van der Waals surface area contributed by atoms with Gasteiger partial charge < -0.3 is 9.64 Å². The number of hydrogen-bond acceptors (Lipinski definition) is 7. The fourth-order valence-corrected chi connectivity index (χ4v) is 3.33. The molecule has 0 N–H and O–H groups in total. The van der Waals surface area contributed by atoms with Crippen molar-refractivity contribution < 1.29 is 9.53 Å². The zero-order chi connectivity index (χ0) is 16.1. The Bertz CT molecular complexity index is 648. The van der Waals surface area contributed by atoms with Crippen molar-refractivity contribution in [3.05, 3.63) is 28.9 Å². The molecule has 2 aromatic rings. The molecule has 7 nitrogen and oxygen atoms in total. The van der Waals surface area contributed by atoms with E-state index in [0.717, 1.165) is 37.9 Å². The van der Waals surface area contributed by atoms with Crippen molar-refractivity contribution in [2.45, 2.75) is 38.7 Å². The molecule has 2 aromatic heterocycles. The van der Waals surface area contributed by atoms with E-state index < -0.39 is 0 Å². The minimum atomic E-state index is -0.0556. The van der Waals surface area contributed by atoms with Gasteiger partial charge in [-0.05, 0) is 36.9 Å². The Morgan fingerprint density at radius 3 is 3.17 bits per heavy atom. The van der Waals surface area contributed by atoms with Crippen LogP contribution in [0.1, 0.15) is 41.6 Å². The van der Waals surface area contributed by atoms with Gasteiger partial charge in [-0.3, -0.25) is 4.79 Å². The molecule has 0 spiro atoms. The standard InChI is InChI=1S/C15H19N5O2S/c1-2-5-12-14(23-19-17-12)15(21)20-9-4-6-11(10-20)22-13-7-3-8-16-18-13/h3,7-8,11H,2,4-6,9-10H2,1H3. The summed E-state index contributed by atoms with van der Waals surface area (Å²) in [6, 6.07) is 3.56. The Labute approximate surface area is 138 Å². The molecule has 0 bridgehead atoms. The van der Waals surface area contributed by atoms with E-state index in [4.69, 9.17) is 4.74 Å². The van der Waals surface area contributed by atoms with Crippen LogP contribution in [-0.4, -0.2) is 49.8 Å². The van der Waals surface area contributed by atoms with Gasteiger partial charge >= 0.3 is 0 Å². The van der Waals surface area contributed by atoms with Crippen LogP contribution in [0.2, 0.25) is 0 Å². The SMILES string of the molecule is CCCc1nnsc1C(=O)N1CCCC(Oc2cccnn2)C1. The van der Waals surface area contributed by atoms with Crippen molar-refractivity contribution in [2.24, 2.45) is 0 Å². The highest BCUT2D eigenvalue weighted by Gasteiger charge is 2.28. The third kappa shape index (κ3) is 3.82. The van der Waals surface area contributed by atoms with Gasteiger partial charge in [0.25, 0.3) is 5.91 Å². The van der Waals surface area contributed by atoms with Crippen LogP contribution in [-0.2, 0) is 6.42 Å². The summed E-state index contributed by atoms with van der Waals surface area (Å²) in [5.41, 5.74) is 0.805. The summed E-state index contributed by atoms with van der Waals surface area (Å²) < 4.78 is 9.77. The van der Waals surface area contributed by atoms with Crippen LogP contribution >= 0.6 is 11.5 Å². The van der Waals surface area contributed by atoms with E-state index in [1.165, 1.54) is 11.5 Å². The van der Waals surface area contributed by atoms with Crippen molar-refractivity contribution in [1.82, 2.24) is 24.7 Å². The average molecular weight is 333 g/mol. The summed E-state index contributed by atoms with van der Waals surface area (Å²) in [6.07, 6.45) is 5.10. The van der Waals surface area contributed by atoms with Gasteiger partial charge in [0.05, 0.1) is 12.2 Å². The second-order valence-corrected chi connectivity index (χ2v) is 6.25. The molecule has 0 aliphatic carbocycles. The molecule has 0 radical (unpaired) electrons. The first-order valence-corrected chi connectivity index (χ1v) is 8.60. The lowest BCUT2D eigenvalue weighted by atomic mass is 10.1. The first-order valence-electron chi connectivity index (χ1n) is 7.82. The van der Waals surface area contributed by atoms with Gasteiger partial charge in [-0.15, -0.1) is 10.2 Å². The molecule has 122 valence electrons. The minimum absolute atomic E-state index is 0.0101. The molecule has 0 aromatic carbocycles. The highest BCUT2D eigenvalue weighted by Crippen LogP contribution is 2.21. The van der Waals surface area contributed by atoms with E-state index in [9.17, 15) is 4.79 Å². The lowest BCUT2D eigenvalue weighted by molar-refractivity contribution is 0.0528. The monoisotopic (exact) mass is 333 g/mol. The molecule has 23 heavy (non-hydrogen) atoms. The Morgan fingerprint density at radius 1 is 1.48 bits per heavy atom. The summed E-state index contributed by atoms with van der Waals surface area (Å²) in [5.74, 6) is 0.508. The Balaban J connectivity index is 1.66. The molecule has 1 aliphatic heterocycles. The maximum Gasteiger partial charge on any atom is 0.267 e. The first kappa shape index (κ1) is 15.8. The van der Waals surface area contributed by atoms with E-state index in [-0.39, 0.29) is 12.0 Å². The van der Waals surface area contributed by atoms with Gasteiger partial charge in [0.2, 0.25) is 5.88 Å². The molecule has 1 fully saturated rings. The summed E-state index contributed by atoms with van der Waals surface area (Å²) >= 11 is 1.18. The van der Waals surface area contributed by atoms with Crippen LogP contribution in [0, 0.1) is 0 Å². The number of nitrogens with zero attached hydrogens (tertiary/aromatic N) is 5. The van der Waals surface area contributed by atoms with Crippen molar-refractivity contribution in [1.29, 1.82) is 0 Å². The maximum absolute atomic E-state index is 12.7. The third-order valence-corrected chi connectivity index (χ3v) is 4.49. The van der Waals surface area contributed by atoms with Crippen molar-refractivity contribution in [3.63, 3.8) is 0 Å². The molecule has 8 heteroatoms. The number of piperidine rings is 1. The van der Waals surface area contributed by atoms with Crippen molar-refractivity contribution in [3.8, 4) is 5.88 Å². The van der Waals surface area contributed by atoms with Crippen LogP contribution in [0.15, 0.2) is 18.3 Å². The Hall–Kier alpha value is -2.09. The number of aryl methyl sites for hydroxylation is 1. The minimum Gasteiger partial charge on any atom is -0.471 e. The number of rotatable bonds is 5. The molecular formula is C15H19N5O2S. The fourth-order valence-electron chi connectivity index (χ4n) is 2.65. The van der Waals surface area contributed by atoms with Gasteiger partial charge in [-0.1, -0.05) is 17.8 Å². The lowest BCUT2D eigenvalue weighted by Crippen LogP contribution is -2.44. The van der Waals surface area contributed by atoms with Crippen LogP contribution in [0.4, 0.5) is 0 Å². The van der Waals surface area contributed by atoms with Gasteiger partial charge in [0.1, 0.15) is 11.0 Å². The second kappa shape index (κ2) is 7.45. The molecule has 1 aliphatic rings. The number of ether oxygens (including phenoxy) is 1. The van der Waals surface area contributed by atoms with E-state index in [0.29, 0.717) is 17.3 Å². The number of carbonyl (C=O) groups excluding carboxylic acids is 1. The highest BCUT2D eigenvalue weighted by molar-refractivity contribution is 7.08. The van der Waals surface area contributed by atoms with Crippen molar-refractivity contribution in [2.75, 3.05) is 13.1 Å². The Morgan fingerprint density at radius 2 is 2.39 bits per heavy atom. The first-order chi connectivity index (χ1) is 11.3. The lowest BCUT2D eigenvalue weighted by Gasteiger charge is -2.32. The second-order valence-electron chi connectivity index (χ2n) is 5.49. The van der Waals surface area contributed by atoms with Gasteiger partial charge in [0, 0.05) is 18.8 Å². The molecule has 1 atom stereocenters. The molecule has 3 rings (SSSR count). The summed E-state index contributed by atoms with van der Waals surface area (Å²) in [5, 5.41) is 11.8. The number of likely N-dealkylation sites (tertiary alicyclic amines) is 1. The normalized spacial score (nSPS) is 18.0. The van der Waals surface area contributed by atoms with Gasteiger partial charge in [0.15, 0.2) is 0 Å². The summed E-state index contributed by atoms with van der Waals surface area (Å²) in [7, 11) is 0. The largest absolute Gasteiger partial charge is 0.471 e. The number of amides is 1. The summed E-state index contributed by atoms with van der Waals surface area (Å²) in [4.78, 5) is 15.2. The van der Waals surface area contributed by atoms with Gasteiger partial charge in [-0.2, -0.15) is 5.10 Å². The average Bonchev–Trinajstić information content (AvgIpc) is 3.04. The van der Waals surface area contributed by atoms with Crippen molar-refractivity contribution >= 4 is 17.4 Å². The number of aromatic nitrogens is 4. The topological polar surface area (TPSA) is 81.1 Å². The quantitative estimate of drug-likeness (QED) is 0.832. The van der Waals surface area contributed by atoms with Gasteiger partial charge in [-0.25, -0.2) is 0 Å². The molecule has 1 unspecified atom stereocenters. The predicted octanol–water partition coefficient (Wildman–Crippen LogP) is 1.96. The molecule has 3 heterocycles. The molecular weight excluding hydrogens is 314 g/mol. The number of hydrogen-bond donors (Lipinski definition) is 0. The number of carbonyl (C=O) groups is 1. The fraction of sp³-hybridized carbons (Fsp3) is 0.533. The Kier molecular flexibility index (Phi) is 5.12. The van der Waals surface area contributed by atoms with Crippen LogP contribution in [0.3, 0.4) is 0 Å². The smallest absolute Gasteiger partial charge is 0.267 e. The summed E-state index contributed by atoms with van der Waals surface area (Å²) in [6.45, 7) is 3.36. The van der Waals surface area contributed by atoms with Crippen LogP contribution in [0.25, 0.3) is 0 Å². The van der Waals surface area contributed by atoms with Crippen LogP contribution < -0.4 is 4.74 Å². The predicted molar refractivity (Wildman–Crippen MR) is 85.5 cm³/mol. The zero-order valence-electron chi connectivity index (χ0n) is 13.0. The maximum atomic E-state index is 12.7. The van der Waals surface area contributed by atoms with Crippen LogP contribution in [0.5, 0.6) is 5.88 Å². The molecule has 1 amide bonds. The highest BCUT2D eigenvalue weighted by atomic mass is 32.1. The molecule has 1 saturated heterocycles. The van der Waals surface area contributed by atoms with E-state index in [2.05, 4.69) is 26.7 Å². The van der Waals surface area contributed by atoms with E-state index >= 15 is 0 Å².